The van der Waals surface area contributed by atoms with E-state index >= 15 is 0 Å². The lowest BCUT2D eigenvalue weighted by Gasteiger charge is -2.35. The molecule has 2 heterocycles. The van der Waals surface area contributed by atoms with E-state index in [1.54, 1.807) is 12.3 Å². The Morgan fingerprint density at radius 1 is 1.42 bits per heavy atom. The Bertz CT molecular complexity index is 422. The lowest BCUT2D eigenvalue weighted by Crippen LogP contribution is -2.44. The van der Waals surface area contributed by atoms with Crippen molar-refractivity contribution in [3.8, 4) is 0 Å². The largest absolute Gasteiger partial charge is 0.384 e. The number of nitrogen functional groups attached to an aromatic ring is 1. The molecule has 1 aromatic rings. The minimum atomic E-state index is 0.184. The lowest BCUT2D eigenvalue weighted by atomic mass is 10.0. The van der Waals surface area contributed by atoms with Crippen LogP contribution >= 0.6 is 0 Å². The van der Waals surface area contributed by atoms with Gasteiger partial charge in [-0.25, -0.2) is 4.98 Å². The van der Waals surface area contributed by atoms with Crippen LogP contribution in [0.4, 0.5) is 5.82 Å². The van der Waals surface area contributed by atoms with Gasteiger partial charge in [-0.05, 0) is 38.6 Å². The fourth-order valence-electron chi connectivity index (χ4n) is 2.46. The van der Waals surface area contributed by atoms with Gasteiger partial charge in [-0.1, -0.05) is 6.07 Å². The molecular weight excluding hydrogens is 240 g/mol. The molecule has 19 heavy (non-hydrogen) atoms. The van der Waals surface area contributed by atoms with Crippen molar-refractivity contribution >= 4 is 11.7 Å². The van der Waals surface area contributed by atoms with E-state index in [9.17, 15) is 4.79 Å². The van der Waals surface area contributed by atoms with Crippen molar-refractivity contribution in [1.82, 2.24) is 14.8 Å². The van der Waals surface area contributed by atoms with Crippen LogP contribution in [-0.2, 0) is 11.2 Å². The first-order valence-electron chi connectivity index (χ1n) is 6.71. The number of nitrogens with zero attached hydrogens (tertiary/aromatic N) is 3. The Hall–Kier alpha value is -1.62. The Labute approximate surface area is 114 Å². The number of carbonyl (C=O) groups is 1. The first kappa shape index (κ1) is 13.8. The van der Waals surface area contributed by atoms with E-state index in [0.29, 0.717) is 18.3 Å². The first-order chi connectivity index (χ1) is 9.06. The summed E-state index contributed by atoms with van der Waals surface area (Å²) >= 11 is 0. The summed E-state index contributed by atoms with van der Waals surface area (Å²) in [6, 6.07) is 4.20. The zero-order chi connectivity index (χ0) is 13.8. The molecule has 0 radical (unpaired) electrons. The molecule has 1 saturated heterocycles. The predicted octanol–water partition coefficient (Wildman–Crippen LogP) is 0.759. The smallest absolute Gasteiger partial charge is 0.227 e. The number of piperidine rings is 1. The fourth-order valence-corrected chi connectivity index (χ4v) is 2.46. The van der Waals surface area contributed by atoms with Crippen LogP contribution in [0.25, 0.3) is 0 Å². The number of pyridine rings is 1. The van der Waals surface area contributed by atoms with Crippen molar-refractivity contribution in [3.05, 3.63) is 23.9 Å². The van der Waals surface area contributed by atoms with Gasteiger partial charge < -0.3 is 15.5 Å². The summed E-state index contributed by atoms with van der Waals surface area (Å²) < 4.78 is 0. The second-order valence-electron chi connectivity index (χ2n) is 5.34. The minimum absolute atomic E-state index is 0.184. The maximum absolute atomic E-state index is 12.2. The number of anilines is 1. The van der Waals surface area contributed by atoms with Crippen LogP contribution in [0.5, 0.6) is 0 Å². The fraction of sp³-hybridized carbons (Fsp3) is 0.571. The summed E-state index contributed by atoms with van der Waals surface area (Å²) in [6.07, 6.45) is 4.21. The minimum Gasteiger partial charge on any atom is -0.384 e. The van der Waals surface area contributed by atoms with Gasteiger partial charge >= 0.3 is 0 Å². The normalized spacial score (nSPS) is 16.9. The Morgan fingerprint density at radius 2 is 2.11 bits per heavy atom. The molecule has 2 rings (SSSR count). The van der Waals surface area contributed by atoms with Gasteiger partial charge in [0.25, 0.3) is 0 Å². The summed E-state index contributed by atoms with van der Waals surface area (Å²) in [5, 5.41) is 0. The van der Waals surface area contributed by atoms with Crippen molar-refractivity contribution < 1.29 is 4.79 Å². The molecule has 0 unspecified atom stereocenters. The molecule has 5 heteroatoms. The highest BCUT2D eigenvalue weighted by atomic mass is 16.2. The van der Waals surface area contributed by atoms with Gasteiger partial charge in [-0.2, -0.15) is 0 Å². The van der Waals surface area contributed by atoms with E-state index in [1.807, 2.05) is 11.0 Å². The van der Waals surface area contributed by atoms with Crippen LogP contribution in [0.3, 0.4) is 0 Å². The first-order valence-corrected chi connectivity index (χ1v) is 6.71. The second-order valence-corrected chi connectivity index (χ2v) is 5.34. The van der Waals surface area contributed by atoms with Crippen molar-refractivity contribution in [2.75, 3.05) is 32.9 Å². The van der Waals surface area contributed by atoms with Crippen LogP contribution in [-0.4, -0.2) is 53.9 Å². The molecule has 1 amide bonds. The second kappa shape index (κ2) is 6.02. The van der Waals surface area contributed by atoms with Crippen molar-refractivity contribution in [2.45, 2.75) is 25.3 Å². The number of hydrogen-bond donors (Lipinski definition) is 1. The summed E-state index contributed by atoms with van der Waals surface area (Å²) in [6.45, 7) is 1.70. The Morgan fingerprint density at radius 3 is 2.63 bits per heavy atom. The van der Waals surface area contributed by atoms with Crippen LogP contribution in [0.15, 0.2) is 18.3 Å². The highest BCUT2D eigenvalue weighted by Gasteiger charge is 2.23. The van der Waals surface area contributed by atoms with Crippen molar-refractivity contribution in [2.24, 2.45) is 0 Å². The standard InChI is InChI=1S/C14H22N4O/c1-17(2)12-5-7-18(8-6-12)14(19)9-11-3-4-13(15)16-10-11/h3-4,10,12H,5-9H2,1-2H3,(H2,15,16). The monoisotopic (exact) mass is 262 g/mol. The summed E-state index contributed by atoms with van der Waals surface area (Å²) in [4.78, 5) is 20.4. The van der Waals surface area contributed by atoms with Crippen LogP contribution in [0, 0.1) is 0 Å². The lowest BCUT2D eigenvalue weighted by molar-refractivity contribution is -0.131. The molecule has 0 spiro atoms. The summed E-state index contributed by atoms with van der Waals surface area (Å²) in [7, 11) is 4.20. The Balaban J connectivity index is 1.86. The van der Waals surface area contributed by atoms with Gasteiger partial charge in [-0.15, -0.1) is 0 Å². The van der Waals surface area contributed by atoms with Crippen LogP contribution in [0.1, 0.15) is 18.4 Å². The number of hydrogen-bond acceptors (Lipinski definition) is 4. The van der Waals surface area contributed by atoms with E-state index in [4.69, 9.17) is 5.73 Å². The summed E-state index contributed by atoms with van der Waals surface area (Å²) in [5.41, 5.74) is 6.46. The zero-order valence-corrected chi connectivity index (χ0v) is 11.7. The quantitative estimate of drug-likeness (QED) is 0.873. The molecule has 1 fully saturated rings. The van der Waals surface area contributed by atoms with E-state index in [-0.39, 0.29) is 5.91 Å². The summed E-state index contributed by atoms with van der Waals surface area (Å²) in [5.74, 6) is 0.673. The molecule has 0 saturated carbocycles. The average molecular weight is 262 g/mol. The molecule has 0 atom stereocenters. The highest BCUT2D eigenvalue weighted by Crippen LogP contribution is 2.15. The number of likely N-dealkylation sites (tertiary alicyclic amines) is 1. The van der Waals surface area contributed by atoms with E-state index in [2.05, 4.69) is 24.0 Å². The van der Waals surface area contributed by atoms with Gasteiger partial charge in [0.15, 0.2) is 0 Å². The van der Waals surface area contributed by atoms with E-state index in [1.165, 1.54) is 0 Å². The zero-order valence-electron chi connectivity index (χ0n) is 11.7. The average Bonchev–Trinajstić information content (AvgIpc) is 2.41. The molecule has 5 nitrogen and oxygen atoms in total. The molecule has 1 aromatic heterocycles. The molecule has 1 aliphatic heterocycles. The van der Waals surface area contributed by atoms with Crippen LogP contribution < -0.4 is 5.73 Å². The Kier molecular flexibility index (Phi) is 4.37. The maximum atomic E-state index is 12.2. The van der Waals surface area contributed by atoms with Crippen molar-refractivity contribution in [3.63, 3.8) is 0 Å². The maximum Gasteiger partial charge on any atom is 0.227 e. The number of rotatable bonds is 3. The van der Waals surface area contributed by atoms with Gasteiger partial charge in [0.05, 0.1) is 6.42 Å². The number of carbonyl (C=O) groups excluding carboxylic acids is 1. The number of nitrogens with two attached hydrogens (primary N) is 1. The van der Waals surface area contributed by atoms with Gasteiger partial charge in [0.1, 0.15) is 5.82 Å². The van der Waals surface area contributed by atoms with E-state index < -0.39 is 0 Å². The van der Waals surface area contributed by atoms with Crippen molar-refractivity contribution in [1.29, 1.82) is 0 Å². The molecular formula is C14H22N4O. The topological polar surface area (TPSA) is 62.5 Å². The van der Waals surface area contributed by atoms with E-state index in [0.717, 1.165) is 31.5 Å². The van der Waals surface area contributed by atoms with Crippen LogP contribution in [0.2, 0.25) is 0 Å². The molecule has 1 aliphatic rings. The molecule has 0 bridgehead atoms. The third kappa shape index (κ3) is 3.67. The third-order valence-electron chi connectivity index (χ3n) is 3.75. The molecule has 104 valence electrons. The molecule has 2 N–H and O–H groups in total. The molecule has 0 aliphatic carbocycles. The molecule has 0 aromatic carbocycles. The van der Waals surface area contributed by atoms with Gasteiger partial charge in [-0.3, -0.25) is 4.79 Å². The predicted molar refractivity (Wildman–Crippen MR) is 75.6 cm³/mol. The third-order valence-corrected chi connectivity index (χ3v) is 3.75. The van der Waals surface area contributed by atoms with Gasteiger partial charge in [0, 0.05) is 25.3 Å². The SMILES string of the molecule is CN(C)C1CCN(C(=O)Cc2ccc(N)nc2)CC1. The van der Waals surface area contributed by atoms with Gasteiger partial charge in [0.2, 0.25) is 5.91 Å². The number of amides is 1. The highest BCUT2D eigenvalue weighted by molar-refractivity contribution is 5.78. The number of aromatic nitrogens is 1.